The summed E-state index contributed by atoms with van der Waals surface area (Å²) in [4.78, 5) is 23.8. The summed E-state index contributed by atoms with van der Waals surface area (Å²) in [5.74, 6) is 0.846. The van der Waals surface area contributed by atoms with Crippen molar-refractivity contribution in [2.45, 2.75) is 39.7 Å². The Morgan fingerprint density at radius 2 is 2.04 bits per heavy atom. The first-order valence-electron chi connectivity index (χ1n) is 9.77. The van der Waals surface area contributed by atoms with Crippen LogP contribution >= 0.6 is 0 Å². The summed E-state index contributed by atoms with van der Waals surface area (Å²) >= 11 is 0. The lowest BCUT2D eigenvalue weighted by molar-refractivity contribution is -0.133. The molecule has 0 N–H and O–H groups in total. The number of nitrogens with zero attached hydrogens (tertiary/aromatic N) is 4. The summed E-state index contributed by atoms with van der Waals surface area (Å²) in [5, 5.41) is 1.09. The third kappa shape index (κ3) is 3.59. The Kier molecular flexibility index (Phi) is 4.92. The predicted octanol–water partition coefficient (Wildman–Crippen LogP) is 4.06. The fourth-order valence-corrected chi connectivity index (χ4v) is 4.07. The molecule has 5 nitrogen and oxygen atoms in total. The van der Waals surface area contributed by atoms with Crippen LogP contribution in [0.15, 0.2) is 42.7 Å². The molecule has 0 aliphatic carbocycles. The molecule has 0 radical (unpaired) electrons. The van der Waals surface area contributed by atoms with Crippen LogP contribution in [-0.4, -0.2) is 38.4 Å². The minimum Gasteiger partial charge on any atom is -0.342 e. The van der Waals surface area contributed by atoms with Crippen molar-refractivity contribution < 1.29 is 4.79 Å². The van der Waals surface area contributed by atoms with E-state index in [4.69, 9.17) is 0 Å². The van der Waals surface area contributed by atoms with E-state index in [2.05, 4.69) is 39.7 Å². The number of hydrogen-bond donors (Lipinski definition) is 0. The number of aryl methyl sites for hydroxylation is 2. The number of aromatic nitrogens is 3. The molecule has 1 aliphatic rings. The minimum atomic E-state index is 0.244. The Morgan fingerprint density at radius 3 is 2.85 bits per heavy atom. The van der Waals surface area contributed by atoms with Gasteiger partial charge in [-0.2, -0.15) is 0 Å². The molecule has 4 rings (SSSR count). The summed E-state index contributed by atoms with van der Waals surface area (Å²) in [7, 11) is 0. The van der Waals surface area contributed by atoms with Crippen LogP contribution in [-0.2, 0) is 11.3 Å². The fourth-order valence-electron chi connectivity index (χ4n) is 4.07. The molecule has 1 atom stereocenters. The van der Waals surface area contributed by atoms with Gasteiger partial charge in [-0.3, -0.25) is 9.78 Å². The molecule has 5 heteroatoms. The highest BCUT2D eigenvalue weighted by Gasteiger charge is 2.21. The van der Waals surface area contributed by atoms with Gasteiger partial charge in [0, 0.05) is 55.1 Å². The average molecular weight is 362 g/mol. The van der Waals surface area contributed by atoms with Gasteiger partial charge in [0.05, 0.1) is 5.69 Å². The zero-order valence-corrected chi connectivity index (χ0v) is 16.1. The Balaban J connectivity index is 1.63. The number of carbonyl (C=O) groups is 1. The van der Waals surface area contributed by atoms with Crippen molar-refractivity contribution in [1.29, 1.82) is 0 Å². The Labute approximate surface area is 160 Å². The standard InChI is InChI=1S/C22H26N4O/c1-16-6-5-12-25(15-16)21(27)9-13-26-20(19-8-4-10-23-17(19)2)14-18-7-3-11-24-22(18)26/h3-4,7-8,10-11,14,16H,5-6,9,12-13,15H2,1-2H3/t16-/m0/s1. The number of rotatable bonds is 4. The van der Waals surface area contributed by atoms with Gasteiger partial charge in [-0.05, 0) is 56.0 Å². The summed E-state index contributed by atoms with van der Waals surface area (Å²) in [5.41, 5.74) is 4.08. The first-order valence-corrected chi connectivity index (χ1v) is 9.77. The lowest BCUT2D eigenvalue weighted by Gasteiger charge is -2.31. The van der Waals surface area contributed by atoms with Crippen LogP contribution in [0.25, 0.3) is 22.3 Å². The fraction of sp³-hybridized carbons (Fsp3) is 0.409. The zero-order valence-electron chi connectivity index (χ0n) is 16.1. The van der Waals surface area contributed by atoms with Gasteiger partial charge in [0.15, 0.2) is 0 Å². The van der Waals surface area contributed by atoms with Crippen molar-refractivity contribution in [2.75, 3.05) is 13.1 Å². The maximum Gasteiger partial charge on any atom is 0.224 e. The smallest absolute Gasteiger partial charge is 0.224 e. The van der Waals surface area contributed by atoms with Gasteiger partial charge in [-0.15, -0.1) is 0 Å². The number of piperidine rings is 1. The van der Waals surface area contributed by atoms with Crippen LogP contribution in [0.4, 0.5) is 0 Å². The molecular weight excluding hydrogens is 336 g/mol. The molecule has 4 heterocycles. The molecule has 0 saturated carbocycles. The quantitative estimate of drug-likeness (QED) is 0.703. The normalized spacial score (nSPS) is 17.4. The number of likely N-dealkylation sites (tertiary alicyclic amines) is 1. The van der Waals surface area contributed by atoms with Crippen LogP contribution in [0.3, 0.4) is 0 Å². The molecule has 3 aromatic rings. The number of fused-ring (bicyclic) bond motifs is 1. The third-order valence-corrected chi connectivity index (χ3v) is 5.50. The molecule has 140 valence electrons. The van der Waals surface area contributed by atoms with Gasteiger partial charge in [-0.25, -0.2) is 4.98 Å². The van der Waals surface area contributed by atoms with E-state index in [1.807, 2.05) is 36.4 Å². The van der Waals surface area contributed by atoms with Gasteiger partial charge in [-0.1, -0.05) is 6.92 Å². The molecule has 1 aliphatic heterocycles. The third-order valence-electron chi connectivity index (χ3n) is 5.50. The largest absolute Gasteiger partial charge is 0.342 e. The van der Waals surface area contributed by atoms with Gasteiger partial charge >= 0.3 is 0 Å². The maximum atomic E-state index is 12.8. The van der Waals surface area contributed by atoms with E-state index in [0.717, 1.165) is 47.5 Å². The van der Waals surface area contributed by atoms with Crippen molar-refractivity contribution in [3.8, 4) is 11.3 Å². The number of carbonyl (C=O) groups excluding carboxylic acids is 1. The van der Waals surface area contributed by atoms with Crippen LogP contribution in [0.1, 0.15) is 31.9 Å². The summed E-state index contributed by atoms with van der Waals surface area (Å²) < 4.78 is 2.17. The zero-order chi connectivity index (χ0) is 18.8. The van der Waals surface area contributed by atoms with Gasteiger partial charge in [0.1, 0.15) is 5.65 Å². The van der Waals surface area contributed by atoms with E-state index in [0.29, 0.717) is 18.9 Å². The molecule has 0 bridgehead atoms. The van der Waals surface area contributed by atoms with Crippen molar-refractivity contribution in [1.82, 2.24) is 19.4 Å². The molecule has 1 fully saturated rings. The first kappa shape index (κ1) is 17.7. The number of pyridine rings is 2. The SMILES string of the molecule is Cc1ncccc1-c1cc2cccnc2n1CCC(=O)N1CCC[C@H](C)C1. The number of amides is 1. The minimum absolute atomic E-state index is 0.244. The van der Waals surface area contributed by atoms with Crippen molar-refractivity contribution in [3.63, 3.8) is 0 Å². The molecule has 1 amide bonds. The second-order valence-corrected chi connectivity index (χ2v) is 7.57. The van der Waals surface area contributed by atoms with Crippen LogP contribution < -0.4 is 0 Å². The summed E-state index contributed by atoms with van der Waals surface area (Å²) in [6.07, 6.45) is 6.46. The van der Waals surface area contributed by atoms with Crippen molar-refractivity contribution in [2.24, 2.45) is 5.92 Å². The average Bonchev–Trinajstić information content (AvgIpc) is 3.05. The van der Waals surface area contributed by atoms with Crippen LogP contribution in [0, 0.1) is 12.8 Å². The lowest BCUT2D eigenvalue weighted by Crippen LogP contribution is -2.39. The van der Waals surface area contributed by atoms with E-state index in [-0.39, 0.29) is 5.91 Å². The highest BCUT2D eigenvalue weighted by atomic mass is 16.2. The molecule has 0 spiro atoms. The molecule has 3 aromatic heterocycles. The van der Waals surface area contributed by atoms with Gasteiger partial charge < -0.3 is 9.47 Å². The van der Waals surface area contributed by atoms with Gasteiger partial charge in [0.2, 0.25) is 5.91 Å². The molecule has 0 unspecified atom stereocenters. The van der Waals surface area contributed by atoms with Crippen molar-refractivity contribution in [3.05, 3.63) is 48.4 Å². The van der Waals surface area contributed by atoms with Crippen LogP contribution in [0.5, 0.6) is 0 Å². The molecule has 27 heavy (non-hydrogen) atoms. The second kappa shape index (κ2) is 7.51. The molecule has 0 aromatic carbocycles. The van der Waals surface area contributed by atoms with E-state index >= 15 is 0 Å². The summed E-state index contributed by atoms with van der Waals surface area (Å²) in [6, 6.07) is 10.2. The Bertz CT molecular complexity index is 962. The second-order valence-electron chi connectivity index (χ2n) is 7.57. The highest BCUT2D eigenvalue weighted by Crippen LogP contribution is 2.29. The lowest BCUT2D eigenvalue weighted by atomic mass is 10.00. The Hall–Kier alpha value is -2.69. The highest BCUT2D eigenvalue weighted by molar-refractivity contribution is 5.85. The van der Waals surface area contributed by atoms with Gasteiger partial charge in [0.25, 0.3) is 0 Å². The van der Waals surface area contributed by atoms with E-state index in [1.54, 1.807) is 0 Å². The summed E-state index contributed by atoms with van der Waals surface area (Å²) in [6.45, 7) is 6.66. The Morgan fingerprint density at radius 1 is 1.22 bits per heavy atom. The maximum absolute atomic E-state index is 12.8. The van der Waals surface area contributed by atoms with E-state index in [9.17, 15) is 4.79 Å². The first-order chi connectivity index (χ1) is 13.1. The van der Waals surface area contributed by atoms with E-state index in [1.165, 1.54) is 6.42 Å². The molecular formula is C22H26N4O. The van der Waals surface area contributed by atoms with E-state index < -0.39 is 0 Å². The van der Waals surface area contributed by atoms with Crippen LogP contribution in [0.2, 0.25) is 0 Å². The predicted molar refractivity (Wildman–Crippen MR) is 107 cm³/mol. The molecule has 1 saturated heterocycles. The topological polar surface area (TPSA) is 51.0 Å². The number of hydrogen-bond acceptors (Lipinski definition) is 3. The monoisotopic (exact) mass is 362 g/mol. The van der Waals surface area contributed by atoms with Crippen molar-refractivity contribution >= 4 is 16.9 Å².